The molecule has 0 aliphatic rings. The molecule has 0 aliphatic heterocycles. The lowest BCUT2D eigenvalue weighted by molar-refractivity contribution is -0.887. The summed E-state index contributed by atoms with van der Waals surface area (Å²) in [7, 11) is 5.52. The Morgan fingerprint density at radius 2 is 0.930 bits per heavy atom. The number of esters is 2. The van der Waals surface area contributed by atoms with Crippen molar-refractivity contribution in [2.45, 2.75) is 206 Å². The van der Waals surface area contributed by atoms with E-state index in [0.29, 0.717) is 19.3 Å². The first-order valence-electron chi connectivity index (χ1n) is 23.2. The Labute approximate surface area is 350 Å². The molecule has 0 spiro atoms. The smallest absolute Gasteiger partial charge is 0.362 e. The zero-order chi connectivity index (χ0) is 42.1. The van der Waals surface area contributed by atoms with Gasteiger partial charge in [0.25, 0.3) is 0 Å². The second kappa shape index (κ2) is 40.1. The minimum Gasteiger partial charge on any atom is -0.477 e. The molecule has 1 N–H and O–H groups in total. The van der Waals surface area contributed by atoms with Crippen LogP contribution in [-0.2, 0) is 28.6 Å². The van der Waals surface area contributed by atoms with E-state index >= 15 is 0 Å². The predicted molar refractivity (Wildman–Crippen MR) is 238 cm³/mol. The lowest BCUT2D eigenvalue weighted by Gasteiger charge is -2.31. The first-order valence-corrected chi connectivity index (χ1v) is 23.2. The summed E-state index contributed by atoms with van der Waals surface area (Å²) in [5.41, 5.74) is 0. The molecule has 0 rings (SSSR count). The van der Waals surface area contributed by atoms with E-state index in [-0.39, 0.29) is 36.2 Å². The molecule has 0 saturated heterocycles. The summed E-state index contributed by atoms with van der Waals surface area (Å²) in [5.74, 6) is -1.49. The van der Waals surface area contributed by atoms with Crippen LogP contribution in [0.15, 0.2) is 48.6 Å². The fraction of sp³-hybridized carbons (Fsp3) is 0.776. The van der Waals surface area contributed by atoms with Crippen molar-refractivity contribution in [3.63, 3.8) is 0 Å². The number of allylic oxidation sites excluding steroid dienone is 8. The van der Waals surface area contributed by atoms with E-state index in [0.717, 1.165) is 64.2 Å². The molecule has 8 nitrogen and oxygen atoms in total. The zero-order valence-electron chi connectivity index (χ0n) is 37.5. The van der Waals surface area contributed by atoms with Crippen molar-refractivity contribution in [3.8, 4) is 0 Å². The van der Waals surface area contributed by atoms with Crippen molar-refractivity contribution < 1.29 is 38.2 Å². The highest BCUT2D eigenvalue weighted by Crippen LogP contribution is 2.15. The quantitative estimate of drug-likeness (QED) is 0.0284. The number of carbonyl (C=O) groups excluding carboxylic acids is 2. The third-order valence-corrected chi connectivity index (χ3v) is 10.3. The molecular weight excluding hydrogens is 715 g/mol. The van der Waals surface area contributed by atoms with Gasteiger partial charge in [0.05, 0.1) is 34.4 Å². The van der Waals surface area contributed by atoms with Crippen molar-refractivity contribution in [3.05, 3.63) is 48.6 Å². The first kappa shape index (κ1) is 54.3. The number of carbonyl (C=O) groups is 3. The number of quaternary nitrogens is 1. The molecule has 0 aromatic heterocycles. The number of aliphatic carboxylic acids is 1. The standard InChI is InChI=1S/C49H87NO7/c1-6-8-10-12-14-16-18-20-22-23-24-26-27-29-31-33-35-37-39-47(51)56-44-45(43-55-42-41-46(49(53)54)50(3,4)5)57-48(52)40-38-36-34-32-30-28-25-21-19-17-15-13-11-9-7-2/h14,16,18,20,22-24,26,45-46H,6-13,15,17,19,21,25,27-44H2,1-5H3/p+1/b16-14+,20-18+,23-22+,26-24+. The van der Waals surface area contributed by atoms with Crippen LogP contribution in [0.4, 0.5) is 0 Å². The highest BCUT2D eigenvalue weighted by molar-refractivity contribution is 5.72. The van der Waals surface area contributed by atoms with Gasteiger partial charge in [0.2, 0.25) is 0 Å². The predicted octanol–water partition coefficient (Wildman–Crippen LogP) is 12.8. The van der Waals surface area contributed by atoms with Crippen molar-refractivity contribution in [1.82, 2.24) is 0 Å². The average molecular weight is 803 g/mol. The SMILES string of the molecule is CCCCC/C=C/C=C/C=C/C=C/CCCCCCCC(=O)OCC(COCCC(C(=O)O)[N+](C)(C)C)OC(=O)CCCCCCCCCCCCCCCCC. The van der Waals surface area contributed by atoms with Crippen LogP contribution in [0.1, 0.15) is 194 Å². The Morgan fingerprint density at radius 1 is 0.526 bits per heavy atom. The highest BCUT2D eigenvalue weighted by atomic mass is 16.6. The van der Waals surface area contributed by atoms with E-state index < -0.39 is 18.1 Å². The summed E-state index contributed by atoms with van der Waals surface area (Å²) in [6.07, 6.45) is 47.1. The summed E-state index contributed by atoms with van der Waals surface area (Å²) in [4.78, 5) is 37.0. The number of carboxylic acid groups (broad SMARTS) is 1. The van der Waals surface area contributed by atoms with E-state index in [1.54, 1.807) is 0 Å². The van der Waals surface area contributed by atoms with Crippen LogP contribution in [0.25, 0.3) is 0 Å². The fourth-order valence-corrected chi connectivity index (χ4v) is 6.69. The molecule has 0 aromatic rings. The van der Waals surface area contributed by atoms with Crippen molar-refractivity contribution in [1.29, 1.82) is 0 Å². The first-order chi connectivity index (χ1) is 27.6. The number of nitrogens with zero attached hydrogens (tertiary/aromatic N) is 1. The molecule has 2 unspecified atom stereocenters. The number of hydrogen-bond donors (Lipinski definition) is 1. The number of ether oxygens (including phenoxy) is 3. The van der Waals surface area contributed by atoms with Gasteiger partial charge >= 0.3 is 17.9 Å². The van der Waals surface area contributed by atoms with Gasteiger partial charge in [-0.25, -0.2) is 4.79 Å². The van der Waals surface area contributed by atoms with Gasteiger partial charge < -0.3 is 23.8 Å². The second-order valence-electron chi connectivity index (χ2n) is 16.8. The minimum absolute atomic E-state index is 0.0544. The maximum absolute atomic E-state index is 12.7. The van der Waals surface area contributed by atoms with E-state index in [4.69, 9.17) is 14.2 Å². The molecule has 0 fully saturated rings. The van der Waals surface area contributed by atoms with Gasteiger partial charge in [-0.2, -0.15) is 0 Å². The van der Waals surface area contributed by atoms with Crippen LogP contribution < -0.4 is 0 Å². The van der Waals surface area contributed by atoms with Crippen LogP contribution >= 0.6 is 0 Å². The number of likely N-dealkylation sites (N-methyl/N-ethyl adjacent to an activating group) is 1. The van der Waals surface area contributed by atoms with Crippen molar-refractivity contribution in [2.24, 2.45) is 0 Å². The van der Waals surface area contributed by atoms with Gasteiger partial charge in [-0.3, -0.25) is 9.59 Å². The Balaban J connectivity index is 4.36. The molecule has 0 amide bonds. The van der Waals surface area contributed by atoms with Gasteiger partial charge in [0.1, 0.15) is 6.61 Å². The number of carboxylic acids is 1. The highest BCUT2D eigenvalue weighted by Gasteiger charge is 2.31. The lowest BCUT2D eigenvalue weighted by Crippen LogP contribution is -2.50. The Kier molecular flexibility index (Phi) is 38.2. The third kappa shape index (κ3) is 38.6. The molecule has 57 heavy (non-hydrogen) atoms. The zero-order valence-corrected chi connectivity index (χ0v) is 37.5. The van der Waals surface area contributed by atoms with E-state index in [2.05, 4.69) is 62.5 Å². The van der Waals surface area contributed by atoms with Crippen LogP contribution in [-0.4, -0.2) is 80.6 Å². The van der Waals surface area contributed by atoms with E-state index in [1.807, 2.05) is 21.1 Å². The van der Waals surface area contributed by atoms with Gasteiger partial charge in [-0.15, -0.1) is 0 Å². The number of unbranched alkanes of at least 4 members (excludes halogenated alkanes) is 22. The summed E-state index contributed by atoms with van der Waals surface area (Å²) in [5, 5.41) is 9.63. The van der Waals surface area contributed by atoms with Gasteiger partial charge in [-0.05, 0) is 38.5 Å². The molecule has 2 atom stereocenters. The summed E-state index contributed by atoms with van der Waals surface area (Å²) >= 11 is 0. The van der Waals surface area contributed by atoms with Crippen molar-refractivity contribution >= 4 is 17.9 Å². The van der Waals surface area contributed by atoms with Crippen molar-refractivity contribution in [2.75, 3.05) is 41.0 Å². The maximum atomic E-state index is 12.7. The molecule has 8 heteroatoms. The summed E-state index contributed by atoms with van der Waals surface area (Å²) in [6, 6.07) is -0.618. The van der Waals surface area contributed by atoms with Crippen LogP contribution in [0.3, 0.4) is 0 Å². The molecule has 0 bridgehead atoms. The molecule has 330 valence electrons. The molecule has 0 heterocycles. The summed E-state index contributed by atoms with van der Waals surface area (Å²) in [6.45, 7) is 4.68. The normalized spacial score (nSPS) is 13.4. The Morgan fingerprint density at radius 3 is 1.40 bits per heavy atom. The minimum atomic E-state index is -0.878. The molecule has 0 saturated carbocycles. The maximum Gasteiger partial charge on any atom is 0.362 e. The third-order valence-electron chi connectivity index (χ3n) is 10.3. The monoisotopic (exact) mass is 803 g/mol. The lowest BCUT2D eigenvalue weighted by atomic mass is 10.0. The van der Waals surface area contributed by atoms with Gasteiger partial charge in [0, 0.05) is 19.3 Å². The topological polar surface area (TPSA) is 99.1 Å². The molecule has 0 aromatic carbocycles. The van der Waals surface area contributed by atoms with Gasteiger partial charge in [-0.1, -0.05) is 184 Å². The Bertz CT molecular complexity index is 1070. The molecule has 0 aliphatic carbocycles. The fourth-order valence-electron chi connectivity index (χ4n) is 6.69. The van der Waals surface area contributed by atoms with E-state index in [9.17, 15) is 19.5 Å². The molecule has 0 radical (unpaired) electrons. The molecular formula is C49H88NO7+. The summed E-state index contributed by atoms with van der Waals surface area (Å²) < 4.78 is 17.3. The van der Waals surface area contributed by atoms with Crippen LogP contribution in [0, 0.1) is 0 Å². The van der Waals surface area contributed by atoms with E-state index in [1.165, 1.54) is 96.3 Å². The Hall–Kier alpha value is -2.71. The largest absolute Gasteiger partial charge is 0.477 e. The number of rotatable bonds is 41. The van der Waals surface area contributed by atoms with Crippen LogP contribution in [0.2, 0.25) is 0 Å². The second-order valence-corrected chi connectivity index (χ2v) is 16.8. The average Bonchev–Trinajstić information content (AvgIpc) is 3.17. The van der Waals surface area contributed by atoms with Crippen LogP contribution in [0.5, 0.6) is 0 Å². The number of hydrogen-bond acceptors (Lipinski definition) is 6. The van der Waals surface area contributed by atoms with Gasteiger partial charge in [0.15, 0.2) is 12.1 Å².